The predicted octanol–water partition coefficient (Wildman–Crippen LogP) is 1.45. The maximum atomic E-state index is 12.1. The maximum absolute atomic E-state index is 12.1. The van der Waals surface area contributed by atoms with Gasteiger partial charge < -0.3 is 5.11 Å². The molecule has 1 heterocycles. The van der Waals surface area contributed by atoms with E-state index in [9.17, 15) is 9.59 Å². The molecule has 1 aromatic carbocycles. The van der Waals surface area contributed by atoms with Crippen LogP contribution in [0.4, 0.5) is 0 Å². The monoisotopic (exact) mass is 248 g/mol. The molecule has 0 amide bonds. The molecule has 0 saturated carbocycles. The summed E-state index contributed by atoms with van der Waals surface area (Å²) < 4.78 is 3.05. The van der Waals surface area contributed by atoms with E-state index in [1.807, 2.05) is 24.3 Å². The molecule has 0 aliphatic carbocycles. The Morgan fingerprint density at radius 1 is 1.28 bits per heavy atom. The van der Waals surface area contributed by atoms with Crippen molar-refractivity contribution in [2.75, 3.05) is 0 Å². The first-order chi connectivity index (χ1) is 8.34. The summed E-state index contributed by atoms with van der Waals surface area (Å²) >= 11 is 0. The number of hydrogen-bond donors (Lipinski definition) is 1. The number of carboxylic acids is 1. The van der Waals surface area contributed by atoms with Crippen molar-refractivity contribution in [3.63, 3.8) is 0 Å². The van der Waals surface area contributed by atoms with E-state index in [1.54, 1.807) is 20.9 Å². The van der Waals surface area contributed by atoms with E-state index in [4.69, 9.17) is 5.11 Å². The largest absolute Gasteiger partial charge is 0.481 e. The number of benzene rings is 1. The Kier molecular flexibility index (Phi) is 2.77. The van der Waals surface area contributed by atoms with Crippen LogP contribution in [0.5, 0.6) is 0 Å². The van der Waals surface area contributed by atoms with Gasteiger partial charge in [0.2, 0.25) is 0 Å². The van der Waals surface area contributed by atoms with Gasteiger partial charge in [-0.25, -0.2) is 4.79 Å². The van der Waals surface area contributed by atoms with Gasteiger partial charge in [-0.15, -0.1) is 0 Å². The van der Waals surface area contributed by atoms with Crippen molar-refractivity contribution in [2.24, 2.45) is 12.5 Å². The number of rotatable bonds is 3. The zero-order chi connectivity index (χ0) is 13.5. The summed E-state index contributed by atoms with van der Waals surface area (Å²) in [6.07, 6.45) is 0. The number of fused-ring (bicyclic) bond motifs is 1. The molecular formula is C13H16N2O3. The number of aromatic nitrogens is 2. The third kappa shape index (κ3) is 1.81. The van der Waals surface area contributed by atoms with Gasteiger partial charge in [-0.1, -0.05) is 12.1 Å². The number of carbonyl (C=O) groups is 1. The number of hydrogen-bond acceptors (Lipinski definition) is 2. The SMILES string of the molecule is Cn1c(=O)n(CC(C)(C)C(=O)O)c2ccccc21. The first-order valence-corrected chi connectivity index (χ1v) is 5.72. The van der Waals surface area contributed by atoms with Crippen molar-refractivity contribution < 1.29 is 9.90 Å². The molecule has 0 atom stereocenters. The number of para-hydroxylation sites is 2. The van der Waals surface area contributed by atoms with Crippen LogP contribution >= 0.6 is 0 Å². The van der Waals surface area contributed by atoms with Crippen molar-refractivity contribution in [3.8, 4) is 0 Å². The first-order valence-electron chi connectivity index (χ1n) is 5.72. The standard InChI is InChI=1S/C13H16N2O3/c1-13(2,11(16)17)8-15-10-7-5-4-6-9(10)14(3)12(15)18/h4-7H,8H2,1-3H3,(H,16,17). The van der Waals surface area contributed by atoms with Crippen LogP contribution in [0.25, 0.3) is 11.0 Å². The molecule has 1 aromatic heterocycles. The molecule has 5 nitrogen and oxygen atoms in total. The van der Waals surface area contributed by atoms with Crippen LogP contribution in [0, 0.1) is 5.41 Å². The summed E-state index contributed by atoms with van der Waals surface area (Å²) in [5, 5.41) is 9.15. The normalized spacial score (nSPS) is 11.9. The molecular weight excluding hydrogens is 232 g/mol. The van der Waals surface area contributed by atoms with Crippen LogP contribution in [-0.4, -0.2) is 20.2 Å². The highest BCUT2D eigenvalue weighted by Gasteiger charge is 2.29. The molecule has 5 heteroatoms. The summed E-state index contributed by atoms with van der Waals surface area (Å²) in [5.41, 5.74) is 0.405. The van der Waals surface area contributed by atoms with Gasteiger partial charge >= 0.3 is 11.7 Å². The van der Waals surface area contributed by atoms with Gasteiger partial charge in [0.15, 0.2) is 0 Å². The Morgan fingerprint density at radius 3 is 2.39 bits per heavy atom. The second kappa shape index (κ2) is 4.01. The number of nitrogens with zero attached hydrogens (tertiary/aromatic N) is 2. The van der Waals surface area contributed by atoms with Crippen LogP contribution in [-0.2, 0) is 18.4 Å². The van der Waals surface area contributed by atoms with Gasteiger partial charge in [-0.2, -0.15) is 0 Å². The van der Waals surface area contributed by atoms with Crippen LogP contribution in [0.15, 0.2) is 29.1 Å². The van der Waals surface area contributed by atoms with Gasteiger partial charge in [-0.3, -0.25) is 13.9 Å². The summed E-state index contributed by atoms with van der Waals surface area (Å²) in [4.78, 5) is 23.3. The van der Waals surface area contributed by atoms with Crippen LogP contribution in [0.3, 0.4) is 0 Å². The minimum atomic E-state index is -0.978. The third-order valence-electron chi connectivity index (χ3n) is 3.18. The molecule has 0 unspecified atom stereocenters. The fraction of sp³-hybridized carbons (Fsp3) is 0.385. The van der Waals surface area contributed by atoms with E-state index in [0.29, 0.717) is 0 Å². The molecule has 0 aliphatic rings. The summed E-state index contributed by atoms with van der Waals surface area (Å²) in [7, 11) is 1.69. The maximum Gasteiger partial charge on any atom is 0.328 e. The lowest BCUT2D eigenvalue weighted by atomic mass is 9.94. The van der Waals surface area contributed by atoms with Gasteiger partial charge in [0, 0.05) is 13.6 Å². The van der Waals surface area contributed by atoms with E-state index < -0.39 is 11.4 Å². The summed E-state index contributed by atoms with van der Waals surface area (Å²) in [5.74, 6) is -0.915. The molecule has 1 N–H and O–H groups in total. The van der Waals surface area contributed by atoms with Gasteiger partial charge in [0.1, 0.15) is 0 Å². The highest BCUT2D eigenvalue weighted by Crippen LogP contribution is 2.20. The van der Waals surface area contributed by atoms with Crippen LogP contribution in [0.2, 0.25) is 0 Å². The van der Waals surface area contributed by atoms with Crippen molar-refractivity contribution in [2.45, 2.75) is 20.4 Å². The average molecular weight is 248 g/mol. The van der Waals surface area contributed by atoms with Crippen molar-refractivity contribution in [3.05, 3.63) is 34.7 Å². The number of aryl methyl sites for hydroxylation is 1. The molecule has 0 radical (unpaired) electrons. The average Bonchev–Trinajstić information content (AvgIpc) is 2.55. The van der Waals surface area contributed by atoms with Gasteiger partial charge in [0.05, 0.1) is 16.4 Å². The molecule has 0 spiro atoms. The topological polar surface area (TPSA) is 64.2 Å². The number of aliphatic carboxylic acids is 1. The highest BCUT2D eigenvalue weighted by molar-refractivity contribution is 5.77. The fourth-order valence-corrected chi connectivity index (χ4v) is 1.98. The minimum Gasteiger partial charge on any atom is -0.481 e. The zero-order valence-corrected chi connectivity index (χ0v) is 10.7. The molecule has 18 heavy (non-hydrogen) atoms. The lowest BCUT2D eigenvalue weighted by Gasteiger charge is -2.19. The van der Waals surface area contributed by atoms with Crippen LogP contribution < -0.4 is 5.69 Å². The quantitative estimate of drug-likeness (QED) is 0.894. The first kappa shape index (κ1) is 12.4. The van der Waals surface area contributed by atoms with E-state index in [2.05, 4.69) is 0 Å². The third-order valence-corrected chi connectivity index (χ3v) is 3.18. The molecule has 2 aromatic rings. The smallest absolute Gasteiger partial charge is 0.328 e. The zero-order valence-electron chi connectivity index (χ0n) is 10.7. The summed E-state index contributed by atoms with van der Waals surface area (Å²) in [6, 6.07) is 7.37. The Bertz CT molecular complexity index is 664. The van der Waals surface area contributed by atoms with E-state index >= 15 is 0 Å². The fourth-order valence-electron chi connectivity index (χ4n) is 1.98. The Morgan fingerprint density at radius 2 is 1.83 bits per heavy atom. The minimum absolute atomic E-state index is 0.155. The predicted molar refractivity (Wildman–Crippen MR) is 68.6 cm³/mol. The van der Waals surface area contributed by atoms with Gasteiger partial charge in [0.25, 0.3) is 0 Å². The lowest BCUT2D eigenvalue weighted by Crippen LogP contribution is -2.34. The lowest BCUT2D eigenvalue weighted by molar-refractivity contribution is -0.147. The Hall–Kier alpha value is -2.04. The van der Waals surface area contributed by atoms with E-state index in [0.717, 1.165) is 11.0 Å². The highest BCUT2D eigenvalue weighted by atomic mass is 16.4. The second-order valence-corrected chi connectivity index (χ2v) is 5.11. The van der Waals surface area contributed by atoms with Gasteiger partial charge in [-0.05, 0) is 26.0 Å². The molecule has 0 saturated heterocycles. The molecule has 2 rings (SSSR count). The molecule has 0 aliphatic heterocycles. The second-order valence-electron chi connectivity index (χ2n) is 5.11. The Balaban J connectivity index is 2.62. The number of imidazole rings is 1. The van der Waals surface area contributed by atoms with E-state index in [1.165, 1.54) is 9.13 Å². The van der Waals surface area contributed by atoms with Crippen LogP contribution in [0.1, 0.15) is 13.8 Å². The Labute approximate surface area is 104 Å². The number of carboxylic acid groups (broad SMARTS) is 1. The molecule has 0 fully saturated rings. The molecule has 0 bridgehead atoms. The van der Waals surface area contributed by atoms with Crippen molar-refractivity contribution in [1.82, 2.24) is 9.13 Å². The summed E-state index contributed by atoms with van der Waals surface area (Å²) in [6.45, 7) is 3.38. The molecule has 96 valence electrons. The van der Waals surface area contributed by atoms with E-state index in [-0.39, 0.29) is 12.2 Å². The van der Waals surface area contributed by atoms with Crippen molar-refractivity contribution >= 4 is 17.0 Å². The van der Waals surface area contributed by atoms with Crippen molar-refractivity contribution in [1.29, 1.82) is 0 Å².